The summed E-state index contributed by atoms with van der Waals surface area (Å²) in [7, 11) is 0. The van der Waals surface area contributed by atoms with Gasteiger partial charge in [-0.05, 0) is 6.92 Å². The molecule has 0 aromatic carbocycles. The first-order valence-electron chi connectivity index (χ1n) is 3.19. The van der Waals surface area contributed by atoms with E-state index in [1.165, 1.54) is 0 Å². The Balaban J connectivity index is 3.92. The molecule has 11 heavy (non-hydrogen) atoms. The van der Waals surface area contributed by atoms with Crippen LogP contribution in [-0.4, -0.2) is 23.8 Å². The number of rotatable bonds is 4. The predicted octanol–water partition coefficient (Wildman–Crippen LogP) is 1.95. The van der Waals surface area contributed by atoms with Gasteiger partial charge in [0.25, 0.3) is 0 Å². The topological polar surface area (TPSA) is 26.3 Å². The van der Waals surface area contributed by atoms with Crippen LogP contribution >= 0.6 is 23.2 Å². The molecular formula is C7H10Cl2O2. The monoisotopic (exact) mass is 196 g/mol. The van der Waals surface area contributed by atoms with E-state index in [2.05, 4.69) is 11.3 Å². The minimum Gasteiger partial charge on any atom is -0.463 e. The van der Waals surface area contributed by atoms with Gasteiger partial charge in [0.15, 0.2) is 0 Å². The van der Waals surface area contributed by atoms with Crippen LogP contribution in [-0.2, 0) is 9.53 Å². The second-order valence-electron chi connectivity index (χ2n) is 1.87. The van der Waals surface area contributed by atoms with Gasteiger partial charge >= 0.3 is 5.97 Å². The molecule has 0 heterocycles. The van der Waals surface area contributed by atoms with Gasteiger partial charge in [-0.3, -0.25) is 0 Å². The fourth-order valence-corrected chi connectivity index (χ4v) is 0.720. The molecule has 1 unspecified atom stereocenters. The molecule has 1 atom stereocenters. The van der Waals surface area contributed by atoms with Crippen LogP contribution in [0.25, 0.3) is 0 Å². The van der Waals surface area contributed by atoms with Crippen molar-refractivity contribution in [2.45, 2.75) is 12.3 Å². The number of ether oxygens (including phenoxy) is 1. The van der Waals surface area contributed by atoms with E-state index in [0.717, 1.165) is 0 Å². The average molecular weight is 197 g/mol. The molecule has 0 radical (unpaired) electrons. The lowest BCUT2D eigenvalue weighted by Crippen LogP contribution is -2.16. The van der Waals surface area contributed by atoms with Gasteiger partial charge < -0.3 is 4.74 Å². The van der Waals surface area contributed by atoms with Crippen LogP contribution in [0.2, 0.25) is 0 Å². The van der Waals surface area contributed by atoms with E-state index in [1.54, 1.807) is 6.92 Å². The number of hydrogen-bond acceptors (Lipinski definition) is 2. The second-order valence-corrected chi connectivity index (χ2v) is 2.70. The van der Waals surface area contributed by atoms with Crippen molar-refractivity contribution in [1.82, 2.24) is 0 Å². The Morgan fingerprint density at radius 2 is 2.27 bits per heavy atom. The van der Waals surface area contributed by atoms with Crippen molar-refractivity contribution >= 4 is 29.2 Å². The lowest BCUT2D eigenvalue weighted by molar-refractivity contribution is -0.138. The number of alkyl halides is 2. The Kier molecular flexibility index (Phi) is 5.34. The zero-order chi connectivity index (χ0) is 8.85. The van der Waals surface area contributed by atoms with Crippen molar-refractivity contribution in [2.24, 2.45) is 0 Å². The summed E-state index contributed by atoms with van der Waals surface area (Å²) in [6, 6.07) is 0. The zero-order valence-electron chi connectivity index (χ0n) is 6.27. The predicted molar refractivity (Wildman–Crippen MR) is 46.1 cm³/mol. The Hall–Kier alpha value is -0.210. The molecule has 0 fully saturated rings. The number of carbonyl (C=O) groups is 1. The molecule has 64 valence electrons. The fourth-order valence-electron chi connectivity index (χ4n) is 0.445. The molecule has 0 spiro atoms. The Bertz CT molecular complexity index is 157. The molecule has 4 heteroatoms. The van der Waals surface area contributed by atoms with Crippen LogP contribution in [0, 0.1) is 0 Å². The van der Waals surface area contributed by atoms with Crippen LogP contribution in [0.1, 0.15) is 6.92 Å². The summed E-state index contributed by atoms with van der Waals surface area (Å²) in [5.74, 6) is -0.313. The second kappa shape index (κ2) is 5.44. The van der Waals surface area contributed by atoms with Crippen molar-refractivity contribution < 1.29 is 9.53 Å². The minimum absolute atomic E-state index is 0.166. The molecule has 0 bridgehead atoms. The van der Waals surface area contributed by atoms with Crippen molar-refractivity contribution in [3.8, 4) is 0 Å². The molecule has 0 aromatic rings. The van der Waals surface area contributed by atoms with E-state index < -0.39 is 11.3 Å². The lowest BCUT2D eigenvalue weighted by Gasteiger charge is -2.07. The van der Waals surface area contributed by atoms with Gasteiger partial charge in [-0.1, -0.05) is 6.58 Å². The summed E-state index contributed by atoms with van der Waals surface area (Å²) < 4.78 is 4.65. The van der Waals surface area contributed by atoms with Gasteiger partial charge in [0.05, 0.1) is 12.0 Å². The summed E-state index contributed by atoms with van der Waals surface area (Å²) in [5.41, 5.74) is 0.212. The summed E-state index contributed by atoms with van der Waals surface area (Å²) >= 11 is 11.0. The molecule has 0 amide bonds. The molecule has 0 aliphatic carbocycles. The van der Waals surface area contributed by atoms with Crippen LogP contribution in [0.15, 0.2) is 12.2 Å². The summed E-state index contributed by atoms with van der Waals surface area (Å²) in [5, 5.41) is -0.532. The van der Waals surface area contributed by atoms with E-state index >= 15 is 0 Å². The maximum atomic E-state index is 10.9. The van der Waals surface area contributed by atoms with E-state index in [4.69, 9.17) is 23.2 Å². The van der Waals surface area contributed by atoms with Crippen molar-refractivity contribution in [2.75, 3.05) is 12.5 Å². The Morgan fingerprint density at radius 3 is 2.64 bits per heavy atom. The highest BCUT2D eigenvalue weighted by Crippen LogP contribution is 2.10. The first kappa shape index (κ1) is 10.8. The standard InChI is InChI=1S/C7H10Cl2O2/c1-3-11-7(10)5(2)6(9)4-8/h6H,2-4H2,1H3. The van der Waals surface area contributed by atoms with E-state index in [-0.39, 0.29) is 11.5 Å². The number of halogens is 2. The third-order valence-electron chi connectivity index (χ3n) is 1.05. The molecule has 0 aliphatic heterocycles. The minimum atomic E-state index is -0.532. The van der Waals surface area contributed by atoms with Crippen molar-refractivity contribution in [3.05, 3.63) is 12.2 Å². The highest BCUT2D eigenvalue weighted by molar-refractivity contribution is 6.31. The third-order valence-corrected chi connectivity index (χ3v) is 1.94. The van der Waals surface area contributed by atoms with Crippen LogP contribution in [0.5, 0.6) is 0 Å². The van der Waals surface area contributed by atoms with E-state index in [1.807, 2.05) is 0 Å². The first-order valence-corrected chi connectivity index (χ1v) is 4.16. The van der Waals surface area contributed by atoms with Gasteiger partial charge in [0.1, 0.15) is 0 Å². The Labute approximate surface area is 76.1 Å². The summed E-state index contributed by atoms with van der Waals surface area (Å²) in [6.07, 6.45) is 0. The summed E-state index contributed by atoms with van der Waals surface area (Å²) in [6.45, 7) is 5.49. The lowest BCUT2D eigenvalue weighted by atomic mass is 10.2. The van der Waals surface area contributed by atoms with Gasteiger partial charge in [-0.2, -0.15) is 0 Å². The fraction of sp³-hybridized carbons (Fsp3) is 0.571. The van der Waals surface area contributed by atoms with Crippen molar-refractivity contribution in [3.63, 3.8) is 0 Å². The van der Waals surface area contributed by atoms with Gasteiger partial charge in [0, 0.05) is 11.5 Å². The van der Waals surface area contributed by atoms with Crippen LogP contribution in [0.4, 0.5) is 0 Å². The average Bonchev–Trinajstić information content (AvgIpc) is 2.02. The first-order chi connectivity index (χ1) is 5.13. The third kappa shape index (κ3) is 3.63. The molecule has 0 rings (SSSR count). The number of carbonyl (C=O) groups excluding carboxylic acids is 1. The largest absolute Gasteiger partial charge is 0.463 e. The van der Waals surface area contributed by atoms with E-state index in [0.29, 0.717) is 6.61 Å². The Morgan fingerprint density at radius 1 is 1.73 bits per heavy atom. The summed E-state index contributed by atoms with van der Waals surface area (Å²) in [4.78, 5) is 10.9. The molecule has 0 saturated carbocycles. The molecule has 0 saturated heterocycles. The molecule has 0 N–H and O–H groups in total. The van der Waals surface area contributed by atoms with Crippen LogP contribution < -0.4 is 0 Å². The van der Waals surface area contributed by atoms with Gasteiger partial charge in [-0.25, -0.2) is 4.79 Å². The number of esters is 1. The van der Waals surface area contributed by atoms with Gasteiger partial charge in [0.2, 0.25) is 0 Å². The molecular weight excluding hydrogens is 187 g/mol. The molecule has 2 nitrogen and oxygen atoms in total. The molecule has 0 aliphatic rings. The number of hydrogen-bond donors (Lipinski definition) is 0. The maximum Gasteiger partial charge on any atom is 0.334 e. The van der Waals surface area contributed by atoms with E-state index in [9.17, 15) is 4.79 Å². The maximum absolute atomic E-state index is 10.9. The normalized spacial score (nSPS) is 12.3. The SMILES string of the molecule is C=C(C(=O)OCC)C(Cl)CCl. The molecule has 0 aromatic heterocycles. The zero-order valence-corrected chi connectivity index (χ0v) is 7.78. The highest BCUT2D eigenvalue weighted by Gasteiger charge is 2.15. The smallest absolute Gasteiger partial charge is 0.334 e. The van der Waals surface area contributed by atoms with Gasteiger partial charge in [-0.15, -0.1) is 23.2 Å². The van der Waals surface area contributed by atoms with Crippen molar-refractivity contribution in [1.29, 1.82) is 0 Å². The van der Waals surface area contributed by atoms with Crippen LogP contribution in [0.3, 0.4) is 0 Å². The highest BCUT2D eigenvalue weighted by atomic mass is 35.5. The quantitative estimate of drug-likeness (QED) is 0.391.